The van der Waals surface area contributed by atoms with Crippen molar-refractivity contribution in [2.24, 2.45) is 11.7 Å². The van der Waals surface area contributed by atoms with Crippen LogP contribution in [0.1, 0.15) is 46.8 Å². The van der Waals surface area contributed by atoms with Gasteiger partial charge in [-0.3, -0.25) is 0 Å². The second-order valence-corrected chi connectivity index (χ2v) is 10.1. The van der Waals surface area contributed by atoms with Gasteiger partial charge in [-0.15, -0.1) is 0 Å². The number of benzene rings is 4. The standard InChI is InChI=1S/C34H30N2O5/c1-22(2)20-38-26-13-11-24(12-14-26)34(37)40-28-15-16-29-31(18-28)41-33(36)30(19-35)32(29)25-9-6-10-27(17-25)39-21-23-7-4-3-5-8-23/h3-18,22,32H,20-21,36H2,1-2H3. The molecular formula is C34H30N2O5. The van der Waals surface area contributed by atoms with E-state index in [4.69, 9.17) is 24.7 Å². The number of carbonyl (C=O) groups excluding carboxylic acids is 1. The summed E-state index contributed by atoms with van der Waals surface area (Å²) in [4.78, 5) is 12.8. The number of nitrogens with two attached hydrogens (primary N) is 1. The molecule has 0 spiro atoms. The van der Waals surface area contributed by atoms with Crippen LogP contribution in [0.15, 0.2) is 109 Å². The van der Waals surface area contributed by atoms with Crippen LogP contribution in [0.3, 0.4) is 0 Å². The molecule has 1 heterocycles. The van der Waals surface area contributed by atoms with Gasteiger partial charge in [-0.05, 0) is 59.5 Å². The summed E-state index contributed by atoms with van der Waals surface area (Å²) >= 11 is 0. The van der Waals surface area contributed by atoms with Crippen LogP contribution in [0.25, 0.3) is 0 Å². The predicted molar refractivity (Wildman–Crippen MR) is 155 cm³/mol. The Kier molecular flexibility index (Phi) is 8.21. The summed E-state index contributed by atoms with van der Waals surface area (Å²) in [6.45, 7) is 5.15. The second-order valence-electron chi connectivity index (χ2n) is 10.1. The first-order valence-electron chi connectivity index (χ1n) is 13.3. The largest absolute Gasteiger partial charge is 0.493 e. The molecule has 1 unspecified atom stereocenters. The summed E-state index contributed by atoms with van der Waals surface area (Å²) < 4.78 is 23.1. The lowest BCUT2D eigenvalue weighted by Crippen LogP contribution is -2.21. The molecule has 4 aromatic carbocycles. The van der Waals surface area contributed by atoms with Gasteiger partial charge < -0.3 is 24.7 Å². The Labute approximate surface area is 239 Å². The van der Waals surface area contributed by atoms with Gasteiger partial charge in [0, 0.05) is 11.6 Å². The summed E-state index contributed by atoms with van der Waals surface area (Å²) in [7, 11) is 0. The normalized spacial score (nSPS) is 14.0. The maximum Gasteiger partial charge on any atom is 0.343 e. The third-order valence-electron chi connectivity index (χ3n) is 6.51. The molecule has 0 bridgehead atoms. The van der Waals surface area contributed by atoms with E-state index in [0.717, 1.165) is 16.7 Å². The number of hydrogen-bond donors (Lipinski definition) is 1. The van der Waals surface area contributed by atoms with Crippen LogP contribution in [0, 0.1) is 17.2 Å². The average Bonchev–Trinajstić information content (AvgIpc) is 2.99. The van der Waals surface area contributed by atoms with Crippen molar-refractivity contribution < 1.29 is 23.7 Å². The van der Waals surface area contributed by atoms with Crippen molar-refractivity contribution in [1.29, 1.82) is 5.26 Å². The van der Waals surface area contributed by atoms with Gasteiger partial charge in [0.2, 0.25) is 5.88 Å². The van der Waals surface area contributed by atoms with Crippen LogP contribution in [-0.2, 0) is 6.61 Å². The zero-order valence-corrected chi connectivity index (χ0v) is 22.9. The Morgan fingerprint density at radius 1 is 0.902 bits per heavy atom. The van der Waals surface area contributed by atoms with E-state index in [2.05, 4.69) is 19.9 Å². The van der Waals surface area contributed by atoms with Crippen LogP contribution >= 0.6 is 0 Å². The highest BCUT2D eigenvalue weighted by atomic mass is 16.5. The monoisotopic (exact) mass is 546 g/mol. The Morgan fingerprint density at radius 2 is 1.66 bits per heavy atom. The molecule has 0 aromatic heterocycles. The number of allylic oxidation sites excluding steroid dienone is 1. The van der Waals surface area contributed by atoms with Crippen molar-refractivity contribution in [3.8, 4) is 29.1 Å². The molecule has 2 N–H and O–H groups in total. The number of hydrogen-bond acceptors (Lipinski definition) is 7. The van der Waals surface area contributed by atoms with E-state index in [0.29, 0.717) is 53.3 Å². The Hall–Kier alpha value is -5.22. The minimum absolute atomic E-state index is 0.000991. The van der Waals surface area contributed by atoms with Crippen LogP contribution < -0.4 is 24.7 Å². The van der Waals surface area contributed by atoms with Crippen LogP contribution in [0.2, 0.25) is 0 Å². The second kappa shape index (κ2) is 12.3. The maximum atomic E-state index is 12.8. The summed E-state index contributed by atoms with van der Waals surface area (Å²) in [6, 6.07) is 31.5. The number of carbonyl (C=O) groups is 1. The summed E-state index contributed by atoms with van der Waals surface area (Å²) in [5.41, 5.74) is 9.47. The SMILES string of the molecule is CC(C)COc1ccc(C(=O)Oc2ccc3c(c2)OC(N)=C(C#N)C3c2cccc(OCc3ccccc3)c2)cc1. The van der Waals surface area contributed by atoms with Crippen LogP contribution in [0.5, 0.6) is 23.0 Å². The lowest BCUT2D eigenvalue weighted by Gasteiger charge is -2.27. The third-order valence-corrected chi connectivity index (χ3v) is 6.51. The van der Waals surface area contributed by atoms with Gasteiger partial charge in [0.05, 0.1) is 18.1 Å². The zero-order chi connectivity index (χ0) is 28.8. The Morgan fingerprint density at radius 3 is 2.39 bits per heavy atom. The number of nitrogens with zero attached hydrogens (tertiary/aromatic N) is 1. The fraction of sp³-hybridized carbons (Fsp3) is 0.176. The molecule has 1 aliphatic rings. The quantitative estimate of drug-likeness (QED) is 0.183. The van der Waals surface area contributed by atoms with Gasteiger partial charge in [-0.1, -0.05) is 62.4 Å². The van der Waals surface area contributed by atoms with Crippen molar-refractivity contribution in [3.05, 3.63) is 131 Å². The van der Waals surface area contributed by atoms with Gasteiger partial charge in [-0.2, -0.15) is 5.26 Å². The van der Waals surface area contributed by atoms with E-state index >= 15 is 0 Å². The van der Waals surface area contributed by atoms with Crippen LogP contribution in [0.4, 0.5) is 0 Å². The molecule has 41 heavy (non-hydrogen) atoms. The zero-order valence-electron chi connectivity index (χ0n) is 22.9. The van der Waals surface area contributed by atoms with Gasteiger partial charge in [-0.25, -0.2) is 4.79 Å². The molecule has 0 saturated heterocycles. The molecule has 0 aliphatic carbocycles. The highest BCUT2D eigenvalue weighted by molar-refractivity contribution is 5.91. The van der Waals surface area contributed by atoms with E-state index in [1.54, 1.807) is 42.5 Å². The van der Waals surface area contributed by atoms with E-state index in [9.17, 15) is 10.1 Å². The molecule has 0 fully saturated rings. The first kappa shape index (κ1) is 27.4. The fourth-order valence-electron chi connectivity index (χ4n) is 4.48. The molecule has 5 rings (SSSR count). The summed E-state index contributed by atoms with van der Waals surface area (Å²) in [5, 5.41) is 9.94. The average molecular weight is 547 g/mol. The van der Waals surface area contributed by atoms with Crippen molar-refractivity contribution in [2.45, 2.75) is 26.4 Å². The summed E-state index contributed by atoms with van der Waals surface area (Å²) in [5.74, 6) is 1.46. The molecule has 206 valence electrons. The minimum Gasteiger partial charge on any atom is -0.493 e. The Balaban J connectivity index is 1.35. The van der Waals surface area contributed by atoms with Gasteiger partial charge in [0.1, 0.15) is 41.2 Å². The van der Waals surface area contributed by atoms with Gasteiger partial charge in [0.15, 0.2) is 0 Å². The first-order valence-corrected chi connectivity index (χ1v) is 13.3. The fourth-order valence-corrected chi connectivity index (χ4v) is 4.48. The number of nitriles is 1. The molecular weight excluding hydrogens is 516 g/mol. The van der Waals surface area contributed by atoms with Crippen molar-refractivity contribution in [2.75, 3.05) is 6.61 Å². The first-order chi connectivity index (χ1) is 19.9. The lowest BCUT2D eigenvalue weighted by atomic mass is 9.83. The Bertz CT molecular complexity index is 1600. The smallest absolute Gasteiger partial charge is 0.343 e. The molecule has 7 nitrogen and oxygen atoms in total. The van der Waals surface area contributed by atoms with Crippen LogP contribution in [-0.4, -0.2) is 12.6 Å². The number of fused-ring (bicyclic) bond motifs is 1. The number of rotatable bonds is 9. The van der Waals surface area contributed by atoms with Gasteiger partial charge >= 0.3 is 5.97 Å². The number of esters is 1. The van der Waals surface area contributed by atoms with Gasteiger partial charge in [0.25, 0.3) is 0 Å². The van der Waals surface area contributed by atoms with E-state index in [1.165, 1.54) is 0 Å². The predicted octanol–water partition coefficient (Wildman–Crippen LogP) is 6.74. The molecule has 1 aliphatic heterocycles. The van der Waals surface area contributed by atoms with E-state index in [-0.39, 0.29) is 5.88 Å². The summed E-state index contributed by atoms with van der Waals surface area (Å²) in [6.07, 6.45) is 0. The highest BCUT2D eigenvalue weighted by Crippen LogP contribution is 2.44. The third kappa shape index (κ3) is 6.51. The molecule has 7 heteroatoms. The minimum atomic E-state index is -0.516. The molecule has 1 atom stereocenters. The topological polar surface area (TPSA) is 104 Å². The molecule has 0 radical (unpaired) electrons. The van der Waals surface area contributed by atoms with E-state index in [1.807, 2.05) is 54.6 Å². The lowest BCUT2D eigenvalue weighted by molar-refractivity contribution is 0.0734. The highest BCUT2D eigenvalue weighted by Gasteiger charge is 2.31. The van der Waals surface area contributed by atoms with E-state index < -0.39 is 11.9 Å². The number of ether oxygens (including phenoxy) is 4. The molecule has 0 saturated carbocycles. The van der Waals surface area contributed by atoms with Crippen molar-refractivity contribution in [1.82, 2.24) is 0 Å². The van der Waals surface area contributed by atoms with Crippen molar-refractivity contribution >= 4 is 5.97 Å². The maximum absolute atomic E-state index is 12.8. The molecule has 0 amide bonds. The van der Waals surface area contributed by atoms with Crippen molar-refractivity contribution in [3.63, 3.8) is 0 Å². The molecule has 4 aromatic rings.